The zero-order chi connectivity index (χ0) is 28.3. The van der Waals surface area contributed by atoms with Crippen LogP contribution in [0.5, 0.6) is 0 Å². The van der Waals surface area contributed by atoms with Gasteiger partial charge in [0.05, 0.1) is 15.8 Å². The molecule has 1 amide bonds. The van der Waals surface area contributed by atoms with Gasteiger partial charge in [-0.05, 0) is 66.1 Å². The monoisotopic (exact) mass is 561 g/mol. The lowest BCUT2D eigenvalue weighted by Crippen LogP contribution is -2.21. The fraction of sp³-hybridized carbons (Fsp3) is 0.167. The molecule has 0 spiro atoms. The van der Waals surface area contributed by atoms with Crippen LogP contribution in [0.3, 0.4) is 0 Å². The van der Waals surface area contributed by atoms with E-state index in [-0.39, 0.29) is 5.91 Å². The summed E-state index contributed by atoms with van der Waals surface area (Å²) in [7, 11) is 3.46. The Morgan fingerprint density at radius 2 is 1.68 bits per heavy atom. The maximum absolute atomic E-state index is 13.0. The highest BCUT2D eigenvalue weighted by Crippen LogP contribution is 2.36. The third-order valence-corrected chi connectivity index (χ3v) is 7.45. The van der Waals surface area contributed by atoms with Crippen LogP contribution in [0.4, 0.5) is 30.4 Å². The minimum Gasteiger partial charge on any atom is -0.368 e. The Morgan fingerprint density at radius 3 is 2.38 bits per heavy atom. The number of carbonyl (C=O) groups excluding carboxylic acids is 1. The van der Waals surface area contributed by atoms with Crippen molar-refractivity contribution >= 4 is 44.7 Å². The Kier molecular flexibility index (Phi) is 7.70. The summed E-state index contributed by atoms with van der Waals surface area (Å²) >= 11 is 1.59. The van der Waals surface area contributed by atoms with E-state index >= 15 is 0 Å². The third-order valence-electron chi connectivity index (χ3n) is 6.27. The molecule has 0 unspecified atom stereocenters. The van der Waals surface area contributed by atoms with Gasteiger partial charge in [0.1, 0.15) is 12.1 Å². The normalized spacial score (nSPS) is 11.4. The van der Waals surface area contributed by atoms with E-state index in [9.17, 15) is 18.0 Å². The lowest BCUT2D eigenvalue weighted by molar-refractivity contribution is -0.137. The van der Waals surface area contributed by atoms with Gasteiger partial charge in [-0.15, -0.1) is 11.3 Å². The molecular formula is C30H26F3N5OS. The van der Waals surface area contributed by atoms with Crippen molar-refractivity contribution in [2.75, 3.05) is 31.3 Å². The summed E-state index contributed by atoms with van der Waals surface area (Å²) in [5.41, 5.74) is 3.96. The second kappa shape index (κ2) is 11.4. The summed E-state index contributed by atoms with van der Waals surface area (Å²) in [4.78, 5) is 23.6. The van der Waals surface area contributed by atoms with Gasteiger partial charge in [0, 0.05) is 42.5 Å². The minimum absolute atomic E-state index is 0.0399. The second-order valence-corrected chi connectivity index (χ2v) is 10.5. The van der Waals surface area contributed by atoms with Gasteiger partial charge < -0.3 is 15.5 Å². The molecule has 0 saturated carbocycles. The molecule has 0 atom stereocenters. The largest absolute Gasteiger partial charge is 0.416 e. The number of thiophene rings is 1. The molecule has 5 aromatic rings. The molecule has 0 aliphatic rings. The van der Waals surface area contributed by atoms with E-state index in [2.05, 4.69) is 20.6 Å². The summed E-state index contributed by atoms with van der Waals surface area (Å²) in [6, 6.07) is 22.3. The number of nitrogens with zero attached hydrogens (tertiary/aromatic N) is 3. The number of rotatable bonds is 8. The van der Waals surface area contributed by atoms with Crippen LogP contribution < -0.4 is 10.6 Å². The number of halogens is 3. The zero-order valence-electron chi connectivity index (χ0n) is 21.8. The lowest BCUT2D eigenvalue weighted by Gasteiger charge is -2.11. The lowest BCUT2D eigenvalue weighted by atomic mass is 10.1. The standard InChI is InChI=1S/C30H26F3N5OS/c1-38(2)29(39)21-10-8-20(9-11-21)26-17-25-27(40-26)28(36-18-35-25)34-15-14-19-6-12-23(13-7-19)37-24-5-3-4-22(16-24)30(31,32)33/h3-13,16-18,37H,14-15H2,1-2H3,(H,34,35,36). The van der Waals surface area contributed by atoms with Crippen LogP contribution in [-0.4, -0.2) is 41.4 Å². The van der Waals surface area contributed by atoms with Gasteiger partial charge in [-0.25, -0.2) is 9.97 Å². The van der Waals surface area contributed by atoms with Crippen molar-refractivity contribution in [2.45, 2.75) is 12.6 Å². The number of carbonyl (C=O) groups is 1. The molecule has 6 nitrogen and oxygen atoms in total. The van der Waals surface area contributed by atoms with Crippen molar-refractivity contribution in [3.63, 3.8) is 0 Å². The third kappa shape index (κ3) is 6.23. The molecular weight excluding hydrogens is 535 g/mol. The van der Waals surface area contributed by atoms with E-state index in [0.29, 0.717) is 23.5 Å². The van der Waals surface area contributed by atoms with E-state index in [0.717, 1.165) is 50.6 Å². The Hall–Kier alpha value is -4.44. The average molecular weight is 562 g/mol. The number of nitrogens with one attached hydrogen (secondary N) is 2. The molecule has 0 bridgehead atoms. The summed E-state index contributed by atoms with van der Waals surface area (Å²) in [6.07, 6.45) is -2.11. The zero-order valence-corrected chi connectivity index (χ0v) is 22.6. The van der Waals surface area contributed by atoms with Crippen molar-refractivity contribution in [1.82, 2.24) is 14.9 Å². The van der Waals surface area contributed by atoms with Crippen LogP contribution in [0.1, 0.15) is 21.5 Å². The van der Waals surface area contributed by atoms with Crippen LogP contribution in [-0.2, 0) is 12.6 Å². The van der Waals surface area contributed by atoms with E-state index < -0.39 is 11.7 Å². The predicted octanol–water partition coefficient (Wildman–Crippen LogP) is 7.48. The van der Waals surface area contributed by atoms with Gasteiger partial charge in [0.15, 0.2) is 0 Å². The molecule has 40 heavy (non-hydrogen) atoms. The van der Waals surface area contributed by atoms with Crippen molar-refractivity contribution in [3.05, 3.63) is 102 Å². The molecule has 2 aromatic heterocycles. The Morgan fingerprint density at radius 1 is 0.925 bits per heavy atom. The summed E-state index contributed by atoms with van der Waals surface area (Å²) in [5, 5.41) is 6.42. The molecule has 2 heterocycles. The number of hydrogen-bond acceptors (Lipinski definition) is 6. The van der Waals surface area contributed by atoms with Crippen LogP contribution in [0, 0.1) is 0 Å². The smallest absolute Gasteiger partial charge is 0.368 e. The molecule has 204 valence electrons. The highest BCUT2D eigenvalue weighted by molar-refractivity contribution is 7.22. The highest BCUT2D eigenvalue weighted by Gasteiger charge is 2.30. The van der Waals surface area contributed by atoms with Gasteiger partial charge in [-0.2, -0.15) is 13.2 Å². The van der Waals surface area contributed by atoms with Crippen molar-refractivity contribution in [3.8, 4) is 10.4 Å². The van der Waals surface area contributed by atoms with Gasteiger partial charge >= 0.3 is 6.18 Å². The second-order valence-electron chi connectivity index (χ2n) is 9.40. The van der Waals surface area contributed by atoms with Crippen LogP contribution in [0.2, 0.25) is 0 Å². The van der Waals surface area contributed by atoms with Gasteiger partial charge in [0.25, 0.3) is 5.91 Å². The van der Waals surface area contributed by atoms with E-state index in [1.54, 1.807) is 36.4 Å². The van der Waals surface area contributed by atoms with E-state index in [1.807, 2.05) is 54.6 Å². The molecule has 2 N–H and O–H groups in total. The predicted molar refractivity (Wildman–Crippen MR) is 154 cm³/mol. The molecule has 0 aliphatic heterocycles. The molecule has 0 radical (unpaired) electrons. The van der Waals surface area contributed by atoms with Gasteiger partial charge in [0.2, 0.25) is 0 Å². The number of hydrogen-bond donors (Lipinski definition) is 2. The first-order valence-corrected chi connectivity index (χ1v) is 13.3. The van der Waals surface area contributed by atoms with Crippen LogP contribution in [0.15, 0.2) is 85.2 Å². The van der Waals surface area contributed by atoms with Crippen molar-refractivity contribution in [2.24, 2.45) is 0 Å². The molecule has 3 aromatic carbocycles. The number of alkyl halides is 3. The number of benzene rings is 3. The summed E-state index contributed by atoms with van der Waals surface area (Å²) < 4.78 is 39.9. The molecule has 0 aliphatic carbocycles. The number of anilines is 3. The average Bonchev–Trinajstić information content (AvgIpc) is 3.39. The van der Waals surface area contributed by atoms with Gasteiger partial charge in [-0.3, -0.25) is 4.79 Å². The maximum Gasteiger partial charge on any atom is 0.416 e. The molecule has 0 fully saturated rings. The summed E-state index contributed by atoms with van der Waals surface area (Å²) in [6.45, 7) is 0.640. The Labute approximate surface area is 233 Å². The first-order valence-electron chi connectivity index (χ1n) is 12.5. The number of amides is 1. The molecule has 0 saturated heterocycles. The topological polar surface area (TPSA) is 70.2 Å². The van der Waals surface area contributed by atoms with Crippen molar-refractivity contribution in [1.29, 1.82) is 0 Å². The van der Waals surface area contributed by atoms with Crippen LogP contribution in [0.25, 0.3) is 20.7 Å². The SMILES string of the molecule is CN(C)C(=O)c1ccc(-c2cc3ncnc(NCCc4ccc(Nc5cccc(C(F)(F)F)c5)cc4)c3s2)cc1. The van der Waals surface area contributed by atoms with Crippen molar-refractivity contribution < 1.29 is 18.0 Å². The quantitative estimate of drug-likeness (QED) is 0.206. The van der Waals surface area contributed by atoms with Gasteiger partial charge in [-0.1, -0.05) is 30.3 Å². The van der Waals surface area contributed by atoms with E-state index in [1.165, 1.54) is 12.4 Å². The molecule has 10 heteroatoms. The van der Waals surface area contributed by atoms with Crippen LogP contribution >= 0.6 is 11.3 Å². The fourth-order valence-electron chi connectivity index (χ4n) is 4.18. The number of fused-ring (bicyclic) bond motifs is 1. The first-order chi connectivity index (χ1) is 19.2. The highest BCUT2D eigenvalue weighted by atomic mass is 32.1. The number of aromatic nitrogens is 2. The van der Waals surface area contributed by atoms with E-state index in [4.69, 9.17) is 0 Å². The maximum atomic E-state index is 13.0. The summed E-state index contributed by atoms with van der Waals surface area (Å²) in [5.74, 6) is 0.713. The Bertz CT molecular complexity index is 1630. The minimum atomic E-state index is -4.38. The first kappa shape index (κ1) is 27.1. The molecule has 5 rings (SSSR count). The Balaban J connectivity index is 1.21. The fourth-order valence-corrected chi connectivity index (χ4v) is 5.26.